The molecule has 5 heteroatoms. The molecule has 0 amide bonds. The van der Waals surface area contributed by atoms with Crippen LogP contribution in [0.25, 0.3) is 11.4 Å². The molecule has 0 saturated heterocycles. The Balaban J connectivity index is 2.58. The van der Waals surface area contributed by atoms with E-state index in [1.165, 1.54) is 18.5 Å². The van der Waals surface area contributed by atoms with E-state index in [2.05, 4.69) is 10.1 Å². The van der Waals surface area contributed by atoms with Crippen LogP contribution in [0.4, 0.5) is 10.1 Å². The van der Waals surface area contributed by atoms with Gasteiger partial charge in [-0.1, -0.05) is 0 Å². The molecule has 0 radical (unpaired) electrons. The monoisotopic (exact) mass is 192 g/mol. The van der Waals surface area contributed by atoms with Crippen LogP contribution in [0.1, 0.15) is 0 Å². The molecule has 0 saturated carbocycles. The van der Waals surface area contributed by atoms with Crippen molar-refractivity contribution in [1.29, 1.82) is 0 Å². The standard InChI is InChI=1S/C9H9FN4/c1-14-9(12-5-13-14)7-3-2-6(10)4-8(7)11/h2-5H,11H2,1H3. The van der Waals surface area contributed by atoms with Crippen molar-refractivity contribution in [1.82, 2.24) is 14.8 Å². The number of benzene rings is 1. The van der Waals surface area contributed by atoms with Crippen LogP contribution in [-0.2, 0) is 7.05 Å². The SMILES string of the molecule is Cn1ncnc1-c1ccc(F)cc1N. The van der Waals surface area contributed by atoms with Crippen LogP contribution < -0.4 is 5.73 Å². The fourth-order valence-corrected chi connectivity index (χ4v) is 1.28. The Morgan fingerprint density at radius 2 is 2.21 bits per heavy atom. The van der Waals surface area contributed by atoms with E-state index >= 15 is 0 Å². The van der Waals surface area contributed by atoms with Crippen LogP contribution in [0.15, 0.2) is 24.5 Å². The molecule has 2 rings (SSSR count). The first-order valence-corrected chi connectivity index (χ1v) is 4.08. The molecule has 1 aromatic carbocycles. The van der Waals surface area contributed by atoms with Crippen LogP contribution in [0.5, 0.6) is 0 Å². The Bertz CT molecular complexity index is 464. The Morgan fingerprint density at radius 3 is 2.79 bits per heavy atom. The average molecular weight is 192 g/mol. The molecular formula is C9H9FN4. The predicted molar refractivity (Wildman–Crippen MR) is 50.8 cm³/mol. The lowest BCUT2D eigenvalue weighted by Gasteiger charge is -2.03. The number of nitrogens with two attached hydrogens (primary N) is 1. The van der Waals surface area contributed by atoms with Crippen molar-refractivity contribution in [3.8, 4) is 11.4 Å². The highest BCUT2D eigenvalue weighted by atomic mass is 19.1. The third kappa shape index (κ3) is 1.32. The van der Waals surface area contributed by atoms with Crippen molar-refractivity contribution in [2.75, 3.05) is 5.73 Å². The number of aryl methyl sites for hydroxylation is 1. The number of nitrogen functional groups attached to an aromatic ring is 1. The summed E-state index contributed by atoms with van der Waals surface area (Å²) in [5.41, 5.74) is 6.71. The van der Waals surface area contributed by atoms with E-state index < -0.39 is 0 Å². The van der Waals surface area contributed by atoms with Gasteiger partial charge < -0.3 is 5.73 Å². The van der Waals surface area contributed by atoms with Crippen LogP contribution in [0.3, 0.4) is 0 Å². The summed E-state index contributed by atoms with van der Waals surface area (Å²) in [4.78, 5) is 4.03. The smallest absolute Gasteiger partial charge is 0.159 e. The van der Waals surface area contributed by atoms with E-state index in [9.17, 15) is 4.39 Å². The van der Waals surface area contributed by atoms with Gasteiger partial charge in [0.05, 0.1) is 0 Å². The maximum atomic E-state index is 12.8. The Kier molecular flexibility index (Phi) is 1.92. The molecule has 0 fully saturated rings. The molecule has 1 heterocycles. The molecule has 1 aromatic heterocycles. The van der Waals surface area contributed by atoms with Gasteiger partial charge in [-0.2, -0.15) is 5.10 Å². The number of nitrogens with zero attached hydrogens (tertiary/aromatic N) is 3. The molecule has 0 bridgehead atoms. The highest BCUT2D eigenvalue weighted by Crippen LogP contribution is 2.23. The topological polar surface area (TPSA) is 56.7 Å². The molecule has 0 atom stereocenters. The highest BCUT2D eigenvalue weighted by Gasteiger charge is 2.08. The van der Waals surface area contributed by atoms with Crippen molar-refractivity contribution in [3.63, 3.8) is 0 Å². The van der Waals surface area contributed by atoms with Crippen molar-refractivity contribution in [3.05, 3.63) is 30.3 Å². The van der Waals surface area contributed by atoms with Gasteiger partial charge in [-0.25, -0.2) is 14.1 Å². The zero-order valence-electron chi connectivity index (χ0n) is 7.61. The maximum absolute atomic E-state index is 12.8. The Morgan fingerprint density at radius 1 is 1.43 bits per heavy atom. The molecule has 0 aliphatic heterocycles. The minimum atomic E-state index is -0.353. The third-order valence-electron chi connectivity index (χ3n) is 1.97. The zero-order valence-corrected chi connectivity index (χ0v) is 7.61. The average Bonchev–Trinajstić information content (AvgIpc) is 2.52. The fourth-order valence-electron chi connectivity index (χ4n) is 1.28. The van der Waals surface area contributed by atoms with E-state index in [1.54, 1.807) is 17.8 Å². The summed E-state index contributed by atoms with van der Waals surface area (Å²) in [6.45, 7) is 0. The second kappa shape index (κ2) is 3.10. The van der Waals surface area contributed by atoms with Crippen LogP contribution in [0.2, 0.25) is 0 Å². The first-order valence-electron chi connectivity index (χ1n) is 4.08. The molecule has 0 aliphatic carbocycles. The third-order valence-corrected chi connectivity index (χ3v) is 1.97. The van der Waals surface area contributed by atoms with Gasteiger partial charge in [0.1, 0.15) is 12.1 Å². The van der Waals surface area contributed by atoms with E-state index in [1.807, 2.05) is 0 Å². The zero-order chi connectivity index (χ0) is 10.1. The number of anilines is 1. The molecule has 2 N–H and O–H groups in total. The van der Waals surface area contributed by atoms with Gasteiger partial charge in [-0.15, -0.1) is 0 Å². The lowest BCUT2D eigenvalue weighted by Crippen LogP contribution is -1.98. The first-order chi connectivity index (χ1) is 6.68. The summed E-state index contributed by atoms with van der Waals surface area (Å²) in [7, 11) is 1.76. The summed E-state index contributed by atoms with van der Waals surface area (Å²) in [5, 5.41) is 3.91. The molecular weight excluding hydrogens is 183 g/mol. The van der Waals surface area contributed by atoms with Crippen LogP contribution >= 0.6 is 0 Å². The maximum Gasteiger partial charge on any atom is 0.159 e. The second-order valence-corrected chi connectivity index (χ2v) is 2.94. The van der Waals surface area contributed by atoms with E-state index in [0.717, 1.165) is 0 Å². The molecule has 14 heavy (non-hydrogen) atoms. The number of aromatic nitrogens is 3. The molecule has 4 nitrogen and oxygen atoms in total. The van der Waals surface area contributed by atoms with Gasteiger partial charge in [-0.05, 0) is 18.2 Å². The molecule has 0 aliphatic rings. The van der Waals surface area contributed by atoms with E-state index in [-0.39, 0.29) is 5.82 Å². The van der Waals surface area contributed by atoms with Crippen molar-refractivity contribution in [2.24, 2.45) is 7.05 Å². The molecule has 2 aromatic rings. The second-order valence-electron chi connectivity index (χ2n) is 2.94. The lowest BCUT2D eigenvalue weighted by atomic mass is 10.1. The molecule has 0 spiro atoms. The summed E-state index contributed by atoms with van der Waals surface area (Å²) >= 11 is 0. The quantitative estimate of drug-likeness (QED) is 0.691. The summed E-state index contributed by atoms with van der Waals surface area (Å²) < 4.78 is 14.4. The van der Waals surface area contributed by atoms with Gasteiger partial charge in [-0.3, -0.25) is 0 Å². The number of hydrogen-bond acceptors (Lipinski definition) is 3. The van der Waals surface area contributed by atoms with Gasteiger partial charge in [0.25, 0.3) is 0 Å². The largest absolute Gasteiger partial charge is 0.398 e. The lowest BCUT2D eigenvalue weighted by molar-refractivity contribution is 0.628. The number of halogens is 1. The fraction of sp³-hybridized carbons (Fsp3) is 0.111. The van der Waals surface area contributed by atoms with Crippen molar-refractivity contribution >= 4 is 5.69 Å². The van der Waals surface area contributed by atoms with Crippen molar-refractivity contribution < 1.29 is 4.39 Å². The first kappa shape index (κ1) is 8.68. The van der Waals surface area contributed by atoms with E-state index in [0.29, 0.717) is 17.1 Å². The minimum Gasteiger partial charge on any atom is -0.398 e. The minimum absolute atomic E-state index is 0.353. The highest BCUT2D eigenvalue weighted by molar-refractivity contribution is 5.71. The van der Waals surface area contributed by atoms with Gasteiger partial charge in [0.15, 0.2) is 5.82 Å². The predicted octanol–water partition coefficient (Wildman–Crippen LogP) is 1.20. The van der Waals surface area contributed by atoms with Gasteiger partial charge >= 0.3 is 0 Å². The normalized spacial score (nSPS) is 10.4. The van der Waals surface area contributed by atoms with E-state index in [4.69, 9.17) is 5.73 Å². The molecule has 0 unspecified atom stereocenters. The Hall–Kier alpha value is -1.91. The number of hydrogen-bond donors (Lipinski definition) is 1. The summed E-state index contributed by atoms with van der Waals surface area (Å²) in [6.07, 6.45) is 1.43. The van der Waals surface area contributed by atoms with Gasteiger partial charge in [0, 0.05) is 18.3 Å². The number of rotatable bonds is 1. The van der Waals surface area contributed by atoms with Crippen molar-refractivity contribution in [2.45, 2.75) is 0 Å². The van der Waals surface area contributed by atoms with Crippen LogP contribution in [0, 0.1) is 5.82 Å². The van der Waals surface area contributed by atoms with Crippen LogP contribution in [-0.4, -0.2) is 14.8 Å². The molecule has 72 valence electrons. The summed E-state index contributed by atoms with van der Waals surface area (Å²) in [5.74, 6) is 0.274. The summed E-state index contributed by atoms with van der Waals surface area (Å²) in [6, 6.07) is 4.21. The van der Waals surface area contributed by atoms with Gasteiger partial charge in [0.2, 0.25) is 0 Å². The Labute approximate surface area is 80.2 Å².